The molecular formula is C11H22N. The molecule has 0 atom stereocenters. The molecule has 0 spiro atoms. The summed E-state index contributed by atoms with van der Waals surface area (Å²) in [5, 5.41) is 0. The Labute approximate surface area is 77.0 Å². The molecule has 12 heavy (non-hydrogen) atoms. The largest absolute Gasteiger partial charge is 0.402 e. The van der Waals surface area contributed by atoms with Gasteiger partial charge in [0.2, 0.25) is 0 Å². The van der Waals surface area contributed by atoms with Gasteiger partial charge in [0.25, 0.3) is 0 Å². The van der Waals surface area contributed by atoms with E-state index in [-0.39, 0.29) is 0 Å². The van der Waals surface area contributed by atoms with E-state index in [1.807, 2.05) is 0 Å². The van der Waals surface area contributed by atoms with Gasteiger partial charge in [0, 0.05) is 5.70 Å². The Morgan fingerprint density at radius 2 is 1.50 bits per heavy atom. The van der Waals surface area contributed by atoms with E-state index in [9.17, 15) is 0 Å². The lowest BCUT2D eigenvalue weighted by atomic mass is 9.88. The maximum Gasteiger partial charge on any atom is 0.00806 e. The van der Waals surface area contributed by atoms with Gasteiger partial charge in [-0.05, 0) is 30.3 Å². The van der Waals surface area contributed by atoms with Crippen LogP contribution in [0.15, 0.2) is 11.3 Å². The van der Waals surface area contributed by atoms with Gasteiger partial charge < -0.3 is 5.73 Å². The Kier molecular flexibility index (Phi) is 3.82. The molecule has 0 bridgehead atoms. The summed E-state index contributed by atoms with van der Waals surface area (Å²) in [5.41, 5.74) is 8.54. The van der Waals surface area contributed by atoms with Crippen LogP contribution in [0.5, 0.6) is 0 Å². The molecule has 0 aliphatic heterocycles. The number of nitrogens with two attached hydrogens (primary N) is 1. The summed E-state index contributed by atoms with van der Waals surface area (Å²) in [4.78, 5) is 0. The number of hydrogen-bond donors (Lipinski definition) is 1. The summed E-state index contributed by atoms with van der Waals surface area (Å²) in [7, 11) is 0. The molecule has 0 heterocycles. The summed E-state index contributed by atoms with van der Waals surface area (Å²) in [6, 6.07) is 0. The molecule has 0 aliphatic carbocycles. The van der Waals surface area contributed by atoms with Crippen molar-refractivity contribution in [1.82, 2.24) is 0 Å². The zero-order valence-corrected chi connectivity index (χ0v) is 9.28. The Balaban J connectivity index is 4.38. The van der Waals surface area contributed by atoms with Crippen LogP contribution in [0.25, 0.3) is 0 Å². The van der Waals surface area contributed by atoms with Crippen LogP contribution >= 0.6 is 0 Å². The van der Waals surface area contributed by atoms with Crippen molar-refractivity contribution >= 4 is 0 Å². The molecule has 0 saturated heterocycles. The van der Waals surface area contributed by atoms with Gasteiger partial charge in [-0.25, -0.2) is 0 Å². The first-order valence-corrected chi connectivity index (χ1v) is 4.50. The van der Waals surface area contributed by atoms with Gasteiger partial charge in [0.1, 0.15) is 0 Å². The van der Waals surface area contributed by atoms with Gasteiger partial charge in [0.15, 0.2) is 0 Å². The van der Waals surface area contributed by atoms with E-state index in [1.165, 1.54) is 11.5 Å². The fourth-order valence-electron chi connectivity index (χ4n) is 1.03. The molecule has 0 rings (SSSR count). The average molecular weight is 168 g/mol. The highest BCUT2D eigenvalue weighted by atomic mass is 14.6. The predicted molar refractivity (Wildman–Crippen MR) is 55.6 cm³/mol. The Morgan fingerprint density at radius 1 is 1.08 bits per heavy atom. The Morgan fingerprint density at radius 3 is 1.75 bits per heavy atom. The fourth-order valence-corrected chi connectivity index (χ4v) is 1.03. The quantitative estimate of drug-likeness (QED) is 0.673. The normalized spacial score (nSPS) is 14.9. The van der Waals surface area contributed by atoms with Crippen LogP contribution in [0, 0.1) is 11.3 Å². The molecular weight excluding hydrogens is 146 g/mol. The minimum atomic E-state index is 0.292. The van der Waals surface area contributed by atoms with Crippen molar-refractivity contribution in [2.75, 3.05) is 0 Å². The van der Waals surface area contributed by atoms with Gasteiger partial charge >= 0.3 is 0 Å². The second kappa shape index (κ2) is 3.97. The van der Waals surface area contributed by atoms with Gasteiger partial charge in [-0.1, -0.05) is 34.6 Å². The minimum absolute atomic E-state index is 0.292. The van der Waals surface area contributed by atoms with E-state index in [4.69, 9.17) is 5.73 Å². The maximum atomic E-state index is 5.96. The molecule has 0 amide bonds. The Hall–Kier alpha value is -0.460. The van der Waals surface area contributed by atoms with Crippen molar-refractivity contribution in [3.63, 3.8) is 0 Å². The summed E-state index contributed by atoms with van der Waals surface area (Å²) in [6.07, 6.45) is 0.976. The van der Waals surface area contributed by atoms with Crippen LogP contribution in [-0.4, -0.2) is 0 Å². The fraction of sp³-hybridized carbons (Fsp3) is 0.727. The van der Waals surface area contributed by atoms with Crippen LogP contribution in [0.4, 0.5) is 0 Å². The second-order valence-electron chi connectivity index (χ2n) is 4.89. The topological polar surface area (TPSA) is 26.0 Å². The van der Waals surface area contributed by atoms with Crippen LogP contribution in [0.3, 0.4) is 0 Å². The molecule has 0 aromatic carbocycles. The summed E-state index contributed by atoms with van der Waals surface area (Å²) >= 11 is 0. The highest BCUT2D eigenvalue weighted by molar-refractivity contribution is 5.23. The first kappa shape index (κ1) is 11.5. The van der Waals surface area contributed by atoms with Crippen LogP contribution in [-0.2, 0) is 0 Å². The third-order valence-electron chi connectivity index (χ3n) is 1.95. The van der Waals surface area contributed by atoms with E-state index in [1.54, 1.807) is 0 Å². The second-order valence-corrected chi connectivity index (χ2v) is 4.89. The number of hydrogen-bond acceptors (Lipinski definition) is 1. The zero-order chi connectivity index (χ0) is 9.94. The lowest BCUT2D eigenvalue weighted by Gasteiger charge is -2.20. The third kappa shape index (κ3) is 4.42. The van der Waals surface area contributed by atoms with Gasteiger partial charge in [0.05, 0.1) is 0 Å². The minimum Gasteiger partial charge on any atom is -0.402 e. The highest BCUT2D eigenvalue weighted by Gasteiger charge is 2.13. The van der Waals surface area contributed by atoms with Gasteiger partial charge in [-0.3, -0.25) is 0 Å². The number of allylic oxidation sites excluding steroid dienone is 2. The van der Waals surface area contributed by atoms with Crippen LogP contribution in [0.2, 0.25) is 0 Å². The van der Waals surface area contributed by atoms with Crippen LogP contribution < -0.4 is 5.73 Å². The number of rotatable bonds is 2. The highest BCUT2D eigenvalue weighted by Crippen LogP contribution is 2.25. The molecule has 0 unspecified atom stereocenters. The van der Waals surface area contributed by atoms with Gasteiger partial charge in [-0.2, -0.15) is 0 Å². The van der Waals surface area contributed by atoms with E-state index in [0.717, 1.165) is 12.1 Å². The molecule has 0 saturated carbocycles. The van der Waals surface area contributed by atoms with Crippen molar-refractivity contribution in [1.29, 1.82) is 0 Å². The van der Waals surface area contributed by atoms with Crippen molar-refractivity contribution in [2.45, 2.75) is 48.0 Å². The van der Waals surface area contributed by atoms with Gasteiger partial charge in [-0.15, -0.1) is 0 Å². The van der Waals surface area contributed by atoms with Crippen molar-refractivity contribution in [3.05, 3.63) is 17.2 Å². The lowest BCUT2D eigenvalue weighted by molar-refractivity contribution is 0.406. The van der Waals surface area contributed by atoms with E-state index < -0.39 is 0 Å². The molecule has 71 valence electrons. The summed E-state index contributed by atoms with van der Waals surface area (Å²) < 4.78 is 0. The summed E-state index contributed by atoms with van der Waals surface area (Å²) in [6.45, 7) is 12.9. The Bertz CT molecular complexity index is 170. The maximum absolute atomic E-state index is 5.96. The first-order chi connectivity index (χ1) is 5.24. The van der Waals surface area contributed by atoms with Crippen LogP contribution in [0.1, 0.15) is 48.0 Å². The van der Waals surface area contributed by atoms with E-state index in [2.05, 4.69) is 41.5 Å². The van der Waals surface area contributed by atoms with E-state index >= 15 is 0 Å². The third-order valence-corrected chi connectivity index (χ3v) is 1.95. The van der Waals surface area contributed by atoms with Crippen molar-refractivity contribution < 1.29 is 0 Å². The smallest absolute Gasteiger partial charge is 0.00806 e. The molecule has 0 aromatic heterocycles. The van der Waals surface area contributed by atoms with Crippen molar-refractivity contribution in [2.24, 2.45) is 11.1 Å². The predicted octanol–water partition coefficient (Wildman–Crippen LogP) is 3.27. The van der Waals surface area contributed by atoms with Crippen molar-refractivity contribution in [3.8, 4) is 0 Å². The lowest BCUT2D eigenvalue weighted by Crippen LogP contribution is -2.13. The average Bonchev–Trinajstić information content (AvgIpc) is 1.82. The molecule has 1 heteroatoms. The SMILES string of the molecule is C[C](C)/C(C)=C(/N)CC(C)(C)C. The zero-order valence-electron chi connectivity index (χ0n) is 9.28. The standard InChI is InChI=1S/C11H22N/c1-8(2)9(3)10(12)7-11(4,5)6/h7,12H2,1-6H3/b10-9+. The molecule has 1 nitrogen and oxygen atoms in total. The molecule has 0 aliphatic rings. The molecule has 0 aromatic rings. The molecule has 0 fully saturated rings. The first-order valence-electron chi connectivity index (χ1n) is 4.50. The monoisotopic (exact) mass is 168 g/mol. The van der Waals surface area contributed by atoms with E-state index in [0.29, 0.717) is 5.41 Å². The summed E-state index contributed by atoms with van der Waals surface area (Å²) in [5.74, 6) is 1.32. The molecule has 2 N–H and O–H groups in total. The molecule has 1 radical (unpaired) electrons.